The molecule has 1 fully saturated rings. The lowest BCUT2D eigenvalue weighted by atomic mass is 10.1. The summed E-state index contributed by atoms with van der Waals surface area (Å²) in [6, 6.07) is 3.75. The van der Waals surface area contributed by atoms with Crippen LogP contribution in [0.2, 0.25) is 0 Å². The van der Waals surface area contributed by atoms with E-state index in [2.05, 4.69) is 20.4 Å². The second-order valence-electron chi connectivity index (χ2n) is 7.06. The summed E-state index contributed by atoms with van der Waals surface area (Å²) in [5, 5.41) is 7.29. The molecule has 8 heteroatoms. The highest BCUT2D eigenvalue weighted by molar-refractivity contribution is 5.96. The molecule has 8 nitrogen and oxygen atoms in total. The minimum atomic E-state index is -0.367. The highest BCUT2D eigenvalue weighted by Gasteiger charge is 2.35. The SMILES string of the molecule is Cc1cc(C)nc(-n2nc(C)cc2NC(=O)C2CC(=O)N(C(C)C)C2)n1. The van der Waals surface area contributed by atoms with Crippen LogP contribution in [-0.4, -0.2) is 49.0 Å². The van der Waals surface area contributed by atoms with E-state index in [1.54, 1.807) is 11.0 Å². The van der Waals surface area contributed by atoms with Crippen molar-refractivity contribution in [3.8, 4) is 5.95 Å². The summed E-state index contributed by atoms with van der Waals surface area (Å²) in [7, 11) is 0. The van der Waals surface area contributed by atoms with Crippen molar-refractivity contribution in [3.63, 3.8) is 0 Å². The van der Waals surface area contributed by atoms with Gasteiger partial charge in [-0.05, 0) is 40.7 Å². The Kier molecular flexibility index (Phi) is 4.76. The highest BCUT2D eigenvalue weighted by Crippen LogP contribution is 2.23. The van der Waals surface area contributed by atoms with E-state index in [0.29, 0.717) is 18.3 Å². The summed E-state index contributed by atoms with van der Waals surface area (Å²) in [5.41, 5.74) is 2.40. The van der Waals surface area contributed by atoms with E-state index >= 15 is 0 Å². The topological polar surface area (TPSA) is 93.0 Å². The van der Waals surface area contributed by atoms with Crippen LogP contribution < -0.4 is 5.32 Å². The van der Waals surface area contributed by atoms with Crippen LogP contribution >= 0.6 is 0 Å². The highest BCUT2D eigenvalue weighted by atomic mass is 16.2. The van der Waals surface area contributed by atoms with Gasteiger partial charge in [0.1, 0.15) is 5.82 Å². The Morgan fingerprint density at radius 1 is 1.15 bits per heavy atom. The van der Waals surface area contributed by atoms with Crippen LogP contribution in [0.4, 0.5) is 5.82 Å². The lowest BCUT2D eigenvalue weighted by molar-refractivity contribution is -0.129. The zero-order valence-electron chi connectivity index (χ0n) is 15.8. The Morgan fingerprint density at radius 2 is 1.81 bits per heavy atom. The summed E-state index contributed by atoms with van der Waals surface area (Å²) >= 11 is 0. The number of carbonyl (C=O) groups excluding carboxylic acids is 2. The molecule has 0 saturated carbocycles. The smallest absolute Gasteiger partial charge is 0.252 e. The molecule has 3 rings (SSSR count). The van der Waals surface area contributed by atoms with Crippen LogP contribution in [-0.2, 0) is 9.59 Å². The molecule has 1 saturated heterocycles. The van der Waals surface area contributed by atoms with Gasteiger partial charge >= 0.3 is 0 Å². The summed E-state index contributed by atoms with van der Waals surface area (Å²) in [6.45, 7) is 9.96. The van der Waals surface area contributed by atoms with Crippen molar-refractivity contribution in [2.24, 2.45) is 5.92 Å². The Hall–Kier alpha value is -2.77. The maximum absolute atomic E-state index is 12.7. The van der Waals surface area contributed by atoms with Crippen molar-refractivity contribution < 1.29 is 9.59 Å². The van der Waals surface area contributed by atoms with Gasteiger partial charge in [-0.2, -0.15) is 9.78 Å². The molecule has 1 N–H and O–H groups in total. The average Bonchev–Trinajstić information content (AvgIpc) is 3.09. The molecule has 0 radical (unpaired) electrons. The summed E-state index contributed by atoms with van der Waals surface area (Å²) in [6.07, 6.45) is 0.233. The maximum Gasteiger partial charge on any atom is 0.252 e. The Bertz CT molecular complexity index is 837. The Labute approximate surface area is 152 Å². The molecule has 3 heterocycles. The predicted octanol–water partition coefficient (Wildman–Crippen LogP) is 1.78. The number of aromatic nitrogens is 4. The fraction of sp³-hybridized carbons (Fsp3) is 0.500. The zero-order chi connectivity index (χ0) is 19.0. The summed E-state index contributed by atoms with van der Waals surface area (Å²) < 4.78 is 1.53. The summed E-state index contributed by atoms with van der Waals surface area (Å²) in [4.78, 5) is 35.3. The van der Waals surface area contributed by atoms with Crippen molar-refractivity contribution in [1.29, 1.82) is 0 Å². The third kappa shape index (κ3) is 3.58. The number of hydrogen-bond acceptors (Lipinski definition) is 5. The number of nitrogens with one attached hydrogen (secondary N) is 1. The molecule has 0 aromatic carbocycles. The van der Waals surface area contributed by atoms with E-state index in [4.69, 9.17) is 0 Å². The van der Waals surface area contributed by atoms with Crippen LogP contribution in [0.1, 0.15) is 37.4 Å². The van der Waals surface area contributed by atoms with Gasteiger partial charge in [0.05, 0.1) is 11.6 Å². The Morgan fingerprint density at radius 3 is 2.38 bits per heavy atom. The number of likely N-dealkylation sites (tertiary alicyclic amines) is 1. The fourth-order valence-corrected chi connectivity index (χ4v) is 3.18. The molecular weight excluding hydrogens is 332 g/mol. The molecule has 0 aliphatic carbocycles. The van der Waals surface area contributed by atoms with Gasteiger partial charge in [0.25, 0.3) is 5.95 Å². The third-order valence-corrected chi connectivity index (χ3v) is 4.40. The minimum absolute atomic E-state index is 0.0162. The largest absolute Gasteiger partial charge is 0.339 e. The minimum Gasteiger partial charge on any atom is -0.339 e. The number of anilines is 1. The van der Waals surface area contributed by atoms with Gasteiger partial charge in [-0.15, -0.1) is 0 Å². The molecule has 1 atom stereocenters. The number of nitrogens with zero attached hydrogens (tertiary/aromatic N) is 5. The number of rotatable bonds is 4. The van der Waals surface area contributed by atoms with Gasteiger partial charge in [-0.25, -0.2) is 9.97 Å². The number of aryl methyl sites for hydroxylation is 3. The van der Waals surface area contributed by atoms with Crippen LogP contribution in [0, 0.1) is 26.7 Å². The van der Waals surface area contributed by atoms with E-state index in [-0.39, 0.29) is 30.2 Å². The second-order valence-corrected chi connectivity index (χ2v) is 7.06. The molecule has 0 spiro atoms. The molecule has 2 aromatic heterocycles. The number of carbonyl (C=O) groups is 2. The van der Waals surface area contributed by atoms with E-state index in [1.807, 2.05) is 40.7 Å². The van der Waals surface area contributed by atoms with Crippen molar-refractivity contribution in [1.82, 2.24) is 24.6 Å². The molecule has 2 amide bonds. The first-order valence-corrected chi connectivity index (χ1v) is 8.74. The van der Waals surface area contributed by atoms with Crippen molar-refractivity contribution in [3.05, 3.63) is 29.2 Å². The van der Waals surface area contributed by atoms with Crippen molar-refractivity contribution >= 4 is 17.6 Å². The molecule has 138 valence electrons. The number of hydrogen-bond donors (Lipinski definition) is 1. The first kappa shape index (κ1) is 18.0. The van der Waals surface area contributed by atoms with E-state index < -0.39 is 0 Å². The first-order chi connectivity index (χ1) is 12.2. The van der Waals surface area contributed by atoms with Crippen LogP contribution in [0.15, 0.2) is 12.1 Å². The van der Waals surface area contributed by atoms with E-state index in [9.17, 15) is 9.59 Å². The second kappa shape index (κ2) is 6.86. The molecule has 1 aliphatic heterocycles. The lowest BCUT2D eigenvalue weighted by Crippen LogP contribution is -2.33. The molecule has 1 unspecified atom stereocenters. The molecule has 26 heavy (non-hydrogen) atoms. The van der Waals surface area contributed by atoms with Crippen molar-refractivity contribution in [2.75, 3.05) is 11.9 Å². The van der Waals surface area contributed by atoms with Gasteiger partial charge < -0.3 is 10.2 Å². The Balaban J connectivity index is 1.83. The van der Waals surface area contributed by atoms with Crippen LogP contribution in [0.5, 0.6) is 0 Å². The van der Waals surface area contributed by atoms with Gasteiger partial charge in [0.15, 0.2) is 0 Å². The summed E-state index contributed by atoms with van der Waals surface area (Å²) in [5.74, 6) is 0.383. The van der Waals surface area contributed by atoms with E-state index in [1.165, 1.54) is 4.68 Å². The molecule has 2 aromatic rings. The predicted molar refractivity (Wildman–Crippen MR) is 97.0 cm³/mol. The maximum atomic E-state index is 12.7. The monoisotopic (exact) mass is 356 g/mol. The van der Waals surface area contributed by atoms with Crippen molar-refractivity contribution in [2.45, 2.75) is 47.1 Å². The van der Waals surface area contributed by atoms with Gasteiger partial charge in [0, 0.05) is 36.5 Å². The molecular formula is C18H24N6O2. The van der Waals surface area contributed by atoms with Gasteiger partial charge in [-0.3, -0.25) is 9.59 Å². The quantitative estimate of drug-likeness (QED) is 0.901. The molecule has 0 bridgehead atoms. The average molecular weight is 356 g/mol. The number of amides is 2. The van der Waals surface area contributed by atoms with Crippen LogP contribution in [0.25, 0.3) is 5.95 Å². The van der Waals surface area contributed by atoms with E-state index in [0.717, 1.165) is 17.1 Å². The van der Waals surface area contributed by atoms with Crippen LogP contribution in [0.3, 0.4) is 0 Å². The lowest BCUT2D eigenvalue weighted by Gasteiger charge is -2.20. The first-order valence-electron chi connectivity index (χ1n) is 8.74. The van der Waals surface area contributed by atoms with Gasteiger partial charge in [-0.1, -0.05) is 0 Å². The third-order valence-electron chi connectivity index (χ3n) is 4.40. The molecule has 1 aliphatic rings. The standard InChI is InChI=1S/C18H24N6O2/c1-10(2)23-9-14(8-16(23)25)17(26)21-15-7-13(5)22-24(15)18-19-11(3)6-12(4)20-18/h6-7,10,14H,8-9H2,1-5H3,(H,21,26). The normalized spacial score (nSPS) is 17.2. The fourth-order valence-electron chi connectivity index (χ4n) is 3.18. The zero-order valence-corrected chi connectivity index (χ0v) is 15.8. The van der Waals surface area contributed by atoms with Gasteiger partial charge in [0.2, 0.25) is 11.8 Å².